The average Bonchev–Trinajstić information content (AvgIpc) is 3.00. The summed E-state index contributed by atoms with van der Waals surface area (Å²) in [5.74, 6) is 0.0304. The van der Waals surface area contributed by atoms with Crippen molar-refractivity contribution in [1.29, 1.82) is 0 Å². The Labute approximate surface area is 259 Å². The lowest BCUT2D eigenvalue weighted by molar-refractivity contribution is -0.349. The zero-order valence-corrected chi connectivity index (χ0v) is 28.0. The van der Waals surface area contributed by atoms with Crippen molar-refractivity contribution >= 4 is 8.32 Å². The summed E-state index contributed by atoms with van der Waals surface area (Å²) in [6, 6.07) is 17.9. The van der Waals surface area contributed by atoms with Crippen molar-refractivity contribution in [3.8, 4) is 5.75 Å². The van der Waals surface area contributed by atoms with Gasteiger partial charge in [-0.1, -0.05) is 63.2 Å². The number of ether oxygens (including phenoxy) is 6. The van der Waals surface area contributed by atoms with Crippen LogP contribution in [-0.2, 0) is 41.3 Å². The van der Waals surface area contributed by atoms with Crippen LogP contribution in [0.15, 0.2) is 54.6 Å². The fraction of sp³-hybridized carbons (Fsp3) is 0.647. The lowest BCUT2D eigenvalue weighted by Gasteiger charge is -2.52. The van der Waals surface area contributed by atoms with Crippen LogP contribution < -0.4 is 4.74 Å². The molecule has 2 heterocycles. The highest BCUT2D eigenvalue weighted by Gasteiger charge is 2.53. The number of hydrogen-bond donors (Lipinski definition) is 1. The van der Waals surface area contributed by atoms with Crippen LogP contribution in [0, 0.1) is 0 Å². The van der Waals surface area contributed by atoms with Gasteiger partial charge in [-0.2, -0.15) is 0 Å². The van der Waals surface area contributed by atoms with Gasteiger partial charge in [0.05, 0.1) is 33.0 Å². The third-order valence-corrected chi connectivity index (χ3v) is 13.8. The third-order valence-electron chi connectivity index (χ3n) is 9.26. The van der Waals surface area contributed by atoms with Crippen LogP contribution in [-0.4, -0.2) is 77.2 Å². The molecule has 2 aliphatic heterocycles. The van der Waals surface area contributed by atoms with Crippen molar-refractivity contribution < 1.29 is 38.0 Å². The van der Waals surface area contributed by atoms with Gasteiger partial charge in [0.2, 0.25) is 0 Å². The van der Waals surface area contributed by atoms with Crippen LogP contribution in [0.3, 0.4) is 0 Å². The van der Waals surface area contributed by atoms with E-state index >= 15 is 0 Å². The molecule has 43 heavy (non-hydrogen) atoms. The number of benzene rings is 2. The molecule has 2 aliphatic rings. The highest BCUT2D eigenvalue weighted by Crippen LogP contribution is 2.42. The summed E-state index contributed by atoms with van der Waals surface area (Å²) in [5.41, 5.74) is 2.13. The predicted octanol–water partition coefficient (Wildman–Crippen LogP) is 6.25. The highest BCUT2D eigenvalue weighted by atomic mass is 28.4. The zero-order chi connectivity index (χ0) is 31.1. The van der Waals surface area contributed by atoms with E-state index in [1.807, 2.05) is 54.6 Å². The maximum atomic E-state index is 11.6. The first-order chi connectivity index (χ1) is 20.5. The number of aliphatic hydroxyl groups is 1. The fourth-order valence-electron chi connectivity index (χ4n) is 5.44. The Bertz CT molecular complexity index is 1110. The van der Waals surface area contributed by atoms with E-state index in [0.29, 0.717) is 39.3 Å². The minimum atomic E-state index is -2.03. The Morgan fingerprint density at radius 2 is 1.67 bits per heavy atom. The number of aliphatic hydroxyl groups excluding tert-OH is 1. The maximum Gasteiger partial charge on any atom is 0.192 e. The van der Waals surface area contributed by atoms with Crippen molar-refractivity contribution in [3.05, 3.63) is 65.7 Å². The third kappa shape index (κ3) is 8.89. The summed E-state index contributed by atoms with van der Waals surface area (Å²) < 4.78 is 43.3. The van der Waals surface area contributed by atoms with Gasteiger partial charge >= 0.3 is 0 Å². The molecule has 0 spiro atoms. The molecule has 9 heteroatoms. The summed E-state index contributed by atoms with van der Waals surface area (Å²) in [4.78, 5) is 0. The van der Waals surface area contributed by atoms with Gasteiger partial charge in [0.15, 0.2) is 14.1 Å². The first-order valence-corrected chi connectivity index (χ1v) is 18.4. The second-order valence-corrected chi connectivity index (χ2v) is 18.1. The number of rotatable bonds is 14. The minimum Gasteiger partial charge on any atom is -0.497 e. The van der Waals surface area contributed by atoms with Crippen molar-refractivity contribution in [1.82, 2.24) is 0 Å². The van der Waals surface area contributed by atoms with Gasteiger partial charge in [-0.25, -0.2) is 0 Å². The summed E-state index contributed by atoms with van der Waals surface area (Å²) in [6.07, 6.45) is 0.145. The van der Waals surface area contributed by atoms with Crippen molar-refractivity contribution in [2.45, 2.75) is 114 Å². The average molecular weight is 617 g/mol. The van der Waals surface area contributed by atoms with Crippen LogP contribution in [0.25, 0.3) is 0 Å². The molecule has 0 saturated carbocycles. The van der Waals surface area contributed by atoms with Crippen LogP contribution >= 0.6 is 0 Å². The van der Waals surface area contributed by atoms with Crippen LogP contribution in [0.2, 0.25) is 18.1 Å². The molecule has 0 amide bonds. The number of hydrogen-bond acceptors (Lipinski definition) is 8. The Kier molecular flexibility index (Phi) is 11.9. The van der Waals surface area contributed by atoms with E-state index in [1.165, 1.54) is 0 Å². The van der Waals surface area contributed by atoms with Crippen molar-refractivity contribution in [2.24, 2.45) is 0 Å². The second kappa shape index (κ2) is 15.0. The molecule has 240 valence electrons. The molecule has 1 N–H and O–H groups in total. The topological polar surface area (TPSA) is 84.8 Å². The van der Waals surface area contributed by atoms with E-state index in [1.54, 1.807) is 14.2 Å². The molecule has 2 aromatic rings. The first-order valence-electron chi connectivity index (χ1n) is 15.5. The Balaban J connectivity index is 1.39. The van der Waals surface area contributed by atoms with Gasteiger partial charge in [-0.3, -0.25) is 0 Å². The molecule has 2 aromatic carbocycles. The predicted molar refractivity (Wildman–Crippen MR) is 169 cm³/mol. The number of fused-ring (bicyclic) bond motifs is 1. The molecule has 6 atom stereocenters. The smallest absolute Gasteiger partial charge is 0.192 e. The lowest BCUT2D eigenvalue weighted by Crippen LogP contribution is -2.65. The monoisotopic (exact) mass is 616 g/mol. The van der Waals surface area contributed by atoms with E-state index in [2.05, 4.69) is 33.9 Å². The van der Waals surface area contributed by atoms with Gasteiger partial charge in [-0.05, 0) is 54.2 Å². The molecule has 0 bridgehead atoms. The van der Waals surface area contributed by atoms with E-state index in [9.17, 15) is 5.11 Å². The van der Waals surface area contributed by atoms with E-state index < -0.39 is 38.5 Å². The van der Waals surface area contributed by atoms with Gasteiger partial charge in [0.25, 0.3) is 0 Å². The molecular weight excluding hydrogens is 564 g/mol. The largest absolute Gasteiger partial charge is 0.497 e. The quantitative estimate of drug-likeness (QED) is 0.197. The zero-order valence-electron chi connectivity index (χ0n) is 27.0. The molecule has 0 aromatic heterocycles. The highest BCUT2D eigenvalue weighted by molar-refractivity contribution is 6.74. The van der Waals surface area contributed by atoms with E-state index in [4.69, 9.17) is 32.8 Å². The fourth-order valence-corrected chi connectivity index (χ4v) is 6.45. The van der Waals surface area contributed by atoms with Crippen molar-refractivity contribution in [2.75, 3.05) is 27.4 Å². The lowest BCUT2D eigenvalue weighted by atomic mass is 9.87. The Morgan fingerprint density at radius 3 is 2.33 bits per heavy atom. The van der Waals surface area contributed by atoms with Crippen LogP contribution in [0.5, 0.6) is 5.75 Å². The molecule has 0 radical (unpaired) electrons. The summed E-state index contributed by atoms with van der Waals surface area (Å²) in [7, 11) is 1.32. The van der Waals surface area contributed by atoms with Crippen LogP contribution in [0.1, 0.15) is 57.6 Å². The molecule has 8 nitrogen and oxygen atoms in total. The van der Waals surface area contributed by atoms with Gasteiger partial charge in [-0.15, -0.1) is 0 Å². The summed E-state index contributed by atoms with van der Waals surface area (Å²) >= 11 is 0. The molecule has 2 fully saturated rings. The summed E-state index contributed by atoms with van der Waals surface area (Å²) in [5, 5.41) is 11.7. The van der Waals surface area contributed by atoms with Crippen molar-refractivity contribution in [3.63, 3.8) is 0 Å². The molecule has 0 unspecified atom stereocenters. The number of methoxy groups -OCH3 is 2. The van der Waals surface area contributed by atoms with E-state index in [-0.39, 0.29) is 11.1 Å². The molecule has 4 rings (SSSR count). The standard InChI is InChI=1S/C34H52O8Si/c1-33(2,3)43(6,7)40-24-29-30(35)32(39-23-25-12-9-8-10-13-25)31-28(41-29)18-20-34(37-5,42-31)19-11-21-38-22-26-14-16-27(36-4)17-15-26/h8-10,12-17,28-32,35H,11,18-24H2,1-7H3/t28-,29-,30-,31-,32-,34-/m1/s1. The van der Waals surface area contributed by atoms with Crippen LogP contribution in [0.4, 0.5) is 0 Å². The molecular formula is C34H52O8Si. The maximum absolute atomic E-state index is 11.6. The van der Waals surface area contributed by atoms with E-state index in [0.717, 1.165) is 29.7 Å². The van der Waals surface area contributed by atoms with Gasteiger partial charge in [0.1, 0.15) is 30.2 Å². The molecule has 2 saturated heterocycles. The summed E-state index contributed by atoms with van der Waals surface area (Å²) in [6.45, 7) is 12.9. The normalized spacial score (nSPS) is 28.0. The van der Waals surface area contributed by atoms with Gasteiger partial charge < -0.3 is 38.0 Å². The SMILES string of the molecule is COc1ccc(COCCC[C@]2(OC)CC[C@H]3O[C@H](CO[Si](C)(C)C(C)(C)C)[C@@H](O)[C@@H](OCc4ccccc4)[C@@H]3O2)cc1. The Hall–Kier alpha value is -1.82. The second-order valence-electron chi connectivity index (χ2n) is 13.3. The molecule has 0 aliphatic carbocycles. The van der Waals surface area contributed by atoms with Gasteiger partial charge in [0, 0.05) is 26.6 Å². The Morgan fingerprint density at radius 1 is 0.977 bits per heavy atom. The minimum absolute atomic E-state index is 0.0583. The first kappa shape index (κ1) is 34.1.